The molecule has 1 saturated heterocycles. The Morgan fingerprint density at radius 3 is 2.78 bits per heavy atom. The number of H-pyrrole nitrogens is 1. The van der Waals surface area contributed by atoms with Crippen LogP contribution in [0.1, 0.15) is 24.4 Å². The third kappa shape index (κ3) is 3.94. The average Bonchev–Trinajstić information content (AvgIpc) is 3.19. The van der Waals surface area contributed by atoms with Crippen molar-refractivity contribution in [2.75, 3.05) is 13.2 Å². The molecule has 1 fully saturated rings. The van der Waals surface area contributed by atoms with E-state index >= 15 is 0 Å². The molecule has 3 aromatic rings. The summed E-state index contributed by atoms with van der Waals surface area (Å²) in [5, 5.41) is 3.91. The summed E-state index contributed by atoms with van der Waals surface area (Å²) in [5.41, 5.74) is 7.64. The van der Waals surface area contributed by atoms with E-state index in [1.807, 2.05) is 42.6 Å². The number of nitrogens with two attached hydrogens (primary N) is 1. The second kappa shape index (κ2) is 7.77. The normalized spacial score (nSPS) is 16.2. The van der Waals surface area contributed by atoms with E-state index in [2.05, 4.69) is 15.3 Å². The number of rotatable bonds is 5. The number of nitrogens with zero attached hydrogens (tertiary/aromatic N) is 1. The summed E-state index contributed by atoms with van der Waals surface area (Å²) in [5.74, 6) is 1.22. The molecular weight excluding hydrogens is 344 g/mol. The van der Waals surface area contributed by atoms with Gasteiger partial charge in [-0.1, -0.05) is 12.1 Å². The number of amides is 1. The van der Waals surface area contributed by atoms with Gasteiger partial charge in [-0.3, -0.25) is 4.79 Å². The Morgan fingerprint density at radius 2 is 2.00 bits per heavy atom. The van der Waals surface area contributed by atoms with E-state index < -0.39 is 6.04 Å². The van der Waals surface area contributed by atoms with Crippen LogP contribution in [0.25, 0.3) is 11.0 Å². The summed E-state index contributed by atoms with van der Waals surface area (Å²) in [7, 11) is 0. The molecule has 140 valence electrons. The minimum absolute atomic E-state index is 0.135. The van der Waals surface area contributed by atoms with Gasteiger partial charge in [-0.25, -0.2) is 4.98 Å². The minimum atomic E-state index is -0.709. The molecule has 1 amide bonds. The van der Waals surface area contributed by atoms with E-state index in [1.54, 1.807) is 6.20 Å². The SMILES string of the molecule is NC(C(=O)NC1CCOCC1)c1ccc(Oc2ccnc3[nH]ccc23)cc1. The highest BCUT2D eigenvalue weighted by molar-refractivity contribution is 5.83. The number of carbonyl (C=O) groups excluding carboxylic acids is 1. The molecule has 27 heavy (non-hydrogen) atoms. The van der Waals surface area contributed by atoms with Gasteiger partial charge in [-0.05, 0) is 42.7 Å². The number of pyridine rings is 1. The second-order valence-electron chi connectivity index (χ2n) is 6.59. The van der Waals surface area contributed by atoms with Crippen LogP contribution in [0.3, 0.4) is 0 Å². The zero-order valence-electron chi connectivity index (χ0n) is 14.9. The highest BCUT2D eigenvalue weighted by atomic mass is 16.5. The van der Waals surface area contributed by atoms with Crippen LogP contribution in [0.4, 0.5) is 0 Å². The summed E-state index contributed by atoms with van der Waals surface area (Å²) in [6, 6.07) is 10.4. The van der Waals surface area contributed by atoms with Gasteiger partial charge in [0.05, 0.1) is 5.39 Å². The molecule has 4 N–H and O–H groups in total. The van der Waals surface area contributed by atoms with Crippen molar-refractivity contribution in [3.63, 3.8) is 0 Å². The minimum Gasteiger partial charge on any atom is -0.457 e. The Hall–Kier alpha value is -2.90. The van der Waals surface area contributed by atoms with Crippen LogP contribution in [0.15, 0.2) is 48.8 Å². The summed E-state index contributed by atoms with van der Waals surface area (Å²) in [4.78, 5) is 19.7. The average molecular weight is 366 g/mol. The van der Waals surface area contributed by atoms with Crippen LogP contribution >= 0.6 is 0 Å². The Balaban J connectivity index is 1.42. The number of hydrogen-bond acceptors (Lipinski definition) is 5. The number of fused-ring (bicyclic) bond motifs is 1. The van der Waals surface area contributed by atoms with Crippen LogP contribution in [0.2, 0.25) is 0 Å². The number of benzene rings is 1. The lowest BCUT2D eigenvalue weighted by atomic mass is 10.0. The van der Waals surface area contributed by atoms with Gasteiger partial charge in [0.15, 0.2) is 0 Å². The molecule has 1 atom stereocenters. The van der Waals surface area contributed by atoms with E-state index in [0.29, 0.717) is 19.0 Å². The largest absolute Gasteiger partial charge is 0.457 e. The monoisotopic (exact) mass is 366 g/mol. The van der Waals surface area contributed by atoms with Crippen molar-refractivity contribution in [2.24, 2.45) is 5.73 Å². The van der Waals surface area contributed by atoms with E-state index in [-0.39, 0.29) is 11.9 Å². The fourth-order valence-electron chi connectivity index (χ4n) is 3.18. The third-order valence-corrected chi connectivity index (χ3v) is 4.74. The molecule has 2 aromatic heterocycles. The van der Waals surface area contributed by atoms with Gasteiger partial charge in [0.25, 0.3) is 0 Å². The van der Waals surface area contributed by atoms with Crippen LogP contribution in [0.5, 0.6) is 11.5 Å². The van der Waals surface area contributed by atoms with Gasteiger partial charge >= 0.3 is 0 Å². The van der Waals surface area contributed by atoms with Gasteiger partial charge in [-0.15, -0.1) is 0 Å². The lowest BCUT2D eigenvalue weighted by Crippen LogP contribution is -2.43. The van der Waals surface area contributed by atoms with Crippen LogP contribution in [-0.4, -0.2) is 35.1 Å². The lowest BCUT2D eigenvalue weighted by Gasteiger charge is -2.24. The lowest BCUT2D eigenvalue weighted by molar-refractivity contribution is -0.123. The maximum absolute atomic E-state index is 12.4. The van der Waals surface area contributed by atoms with Crippen LogP contribution < -0.4 is 15.8 Å². The molecule has 1 aliphatic heterocycles. The first-order chi connectivity index (χ1) is 13.2. The van der Waals surface area contributed by atoms with E-state index in [9.17, 15) is 4.79 Å². The number of aromatic nitrogens is 2. The van der Waals surface area contributed by atoms with Gasteiger partial charge < -0.3 is 25.5 Å². The van der Waals surface area contributed by atoms with Gasteiger partial charge in [0, 0.05) is 31.6 Å². The number of hydrogen-bond donors (Lipinski definition) is 3. The molecule has 0 spiro atoms. The van der Waals surface area contributed by atoms with Crippen molar-refractivity contribution in [1.82, 2.24) is 15.3 Å². The van der Waals surface area contributed by atoms with Crippen molar-refractivity contribution >= 4 is 16.9 Å². The maximum Gasteiger partial charge on any atom is 0.241 e. The summed E-state index contributed by atoms with van der Waals surface area (Å²) in [6.07, 6.45) is 5.17. The Bertz CT molecular complexity index is 916. The van der Waals surface area contributed by atoms with Crippen molar-refractivity contribution in [3.8, 4) is 11.5 Å². The predicted molar refractivity (Wildman–Crippen MR) is 102 cm³/mol. The fraction of sp³-hybridized carbons (Fsp3) is 0.300. The molecule has 0 radical (unpaired) electrons. The highest BCUT2D eigenvalue weighted by Crippen LogP contribution is 2.28. The Morgan fingerprint density at radius 1 is 1.22 bits per heavy atom. The predicted octanol–water partition coefficient (Wildman–Crippen LogP) is 2.65. The van der Waals surface area contributed by atoms with Gasteiger partial charge in [0.2, 0.25) is 5.91 Å². The number of nitrogens with one attached hydrogen (secondary N) is 2. The molecule has 3 heterocycles. The molecule has 4 rings (SSSR count). The maximum atomic E-state index is 12.4. The number of ether oxygens (including phenoxy) is 2. The molecule has 1 unspecified atom stereocenters. The van der Waals surface area contributed by atoms with Crippen molar-refractivity contribution in [2.45, 2.75) is 24.9 Å². The molecular formula is C20H22N4O3. The first kappa shape index (κ1) is 17.5. The van der Waals surface area contributed by atoms with Crippen LogP contribution in [-0.2, 0) is 9.53 Å². The highest BCUT2D eigenvalue weighted by Gasteiger charge is 2.21. The molecule has 1 aliphatic rings. The molecule has 1 aromatic carbocycles. The molecule has 7 heteroatoms. The van der Waals surface area contributed by atoms with E-state index in [0.717, 1.165) is 35.2 Å². The zero-order chi connectivity index (χ0) is 18.6. The van der Waals surface area contributed by atoms with Gasteiger partial charge in [-0.2, -0.15) is 0 Å². The molecule has 0 bridgehead atoms. The first-order valence-corrected chi connectivity index (χ1v) is 9.04. The summed E-state index contributed by atoms with van der Waals surface area (Å²) < 4.78 is 11.3. The van der Waals surface area contributed by atoms with Crippen molar-refractivity contribution in [1.29, 1.82) is 0 Å². The quantitative estimate of drug-likeness (QED) is 0.644. The summed E-state index contributed by atoms with van der Waals surface area (Å²) >= 11 is 0. The van der Waals surface area contributed by atoms with Gasteiger partial charge in [0.1, 0.15) is 23.2 Å². The Kier molecular flexibility index (Phi) is 5.04. The van der Waals surface area contributed by atoms with E-state index in [4.69, 9.17) is 15.2 Å². The number of carbonyl (C=O) groups is 1. The van der Waals surface area contributed by atoms with E-state index in [1.165, 1.54) is 0 Å². The summed E-state index contributed by atoms with van der Waals surface area (Å²) in [6.45, 7) is 1.35. The standard InChI is InChI=1S/C20H22N4O3/c21-18(20(25)24-14-7-11-26-12-8-14)13-1-3-15(4-2-13)27-17-6-10-23-19-16(17)5-9-22-19/h1-6,9-10,14,18H,7-8,11-12,21H2,(H,22,23)(H,24,25). The van der Waals surface area contributed by atoms with Crippen molar-refractivity contribution in [3.05, 3.63) is 54.4 Å². The van der Waals surface area contributed by atoms with Crippen molar-refractivity contribution < 1.29 is 14.3 Å². The first-order valence-electron chi connectivity index (χ1n) is 9.04. The smallest absolute Gasteiger partial charge is 0.241 e. The topological polar surface area (TPSA) is 102 Å². The van der Waals surface area contributed by atoms with Crippen LogP contribution in [0, 0.1) is 0 Å². The molecule has 0 saturated carbocycles. The molecule has 0 aliphatic carbocycles. The number of aromatic amines is 1. The second-order valence-corrected chi connectivity index (χ2v) is 6.59. The third-order valence-electron chi connectivity index (χ3n) is 4.74. The zero-order valence-corrected chi connectivity index (χ0v) is 14.9. The Labute approximate surface area is 156 Å². The molecule has 7 nitrogen and oxygen atoms in total. The fourth-order valence-corrected chi connectivity index (χ4v) is 3.18.